The third-order valence-corrected chi connectivity index (χ3v) is 6.52. The van der Waals surface area contributed by atoms with E-state index in [0.717, 1.165) is 5.69 Å². The van der Waals surface area contributed by atoms with Crippen molar-refractivity contribution in [1.82, 2.24) is 10.1 Å². The van der Waals surface area contributed by atoms with E-state index < -0.39 is 17.4 Å². The second kappa shape index (κ2) is 6.80. The van der Waals surface area contributed by atoms with Crippen LogP contribution in [-0.2, 0) is 20.9 Å². The fraction of sp³-hybridized carbons (Fsp3) is 0.435. The number of aromatic nitrogens is 1. The Bertz CT molecular complexity index is 998. The number of hydrogen-bond donors (Lipinski definition) is 0. The van der Waals surface area contributed by atoms with Gasteiger partial charge < -0.3 is 19.1 Å². The summed E-state index contributed by atoms with van der Waals surface area (Å²) in [6, 6.07) is 9.80. The first-order chi connectivity index (χ1) is 14.4. The summed E-state index contributed by atoms with van der Waals surface area (Å²) in [5.74, 6) is -0.767. The highest BCUT2D eigenvalue weighted by Crippen LogP contribution is 2.53. The van der Waals surface area contributed by atoms with Crippen LogP contribution in [0.2, 0.25) is 0 Å². The molecule has 7 heteroatoms. The number of amides is 2. The van der Waals surface area contributed by atoms with Crippen molar-refractivity contribution in [2.75, 3.05) is 18.5 Å². The van der Waals surface area contributed by atoms with Gasteiger partial charge >= 0.3 is 0 Å². The number of ether oxygens (including phenoxy) is 1. The van der Waals surface area contributed by atoms with Gasteiger partial charge in [0.2, 0.25) is 11.8 Å². The Hall–Kier alpha value is -2.93. The van der Waals surface area contributed by atoms with Gasteiger partial charge in [-0.15, -0.1) is 0 Å². The Balaban J connectivity index is 1.40. The minimum absolute atomic E-state index is 0.0488. The van der Waals surface area contributed by atoms with Crippen molar-refractivity contribution in [3.63, 3.8) is 0 Å². The lowest BCUT2D eigenvalue weighted by Gasteiger charge is -2.27. The Labute approximate surface area is 175 Å². The maximum Gasteiger partial charge on any atom is 0.234 e. The predicted octanol–water partition coefficient (Wildman–Crippen LogP) is 2.74. The van der Waals surface area contributed by atoms with E-state index in [1.807, 2.05) is 24.3 Å². The van der Waals surface area contributed by atoms with Gasteiger partial charge in [0.15, 0.2) is 0 Å². The summed E-state index contributed by atoms with van der Waals surface area (Å²) in [7, 11) is 1.72. The highest BCUT2D eigenvalue weighted by Gasteiger charge is 2.67. The Morgan fingerprint density at radius 1 is 1.30 bits per heavy atom. The van der Waals surface area contributed by atoms with Crippen LogP contribution in [0.3, 0.4) is 0 Å². The third kappa shape index (κ3) is 2.80. The molecule has 1 aromatic heterocycles. The summed E-state index contributed by atoms with van der Waals surface area (Å²) in [5.41, 5.74) is 2.01. The van der Waals surface area contributed by atoms with Crippen LogP contribution < -0.4 is 4.90 Å². The van der Waals surface area contributed by atoms with E-state index in [0.29, 0.717) is 24.7 Å². The molecule has 2 bridgehead atoms. The molecule has 0 unspecified atom stereocenters. The highest BCUT2D eigenvalue weighted by molar-refractivity contribution is 6.03. The molecule has 0 aliphatic carbocycles. The average Bonchev–Trinajstić information content (AvgIpc) is 3.50. The predicted molar refractivity (Wildman–Crippen MR) is 110 cm³/mol. The van der Waals surface area contributed by atoms with Crippen LogP contribution in [0.25, 0.3) is 0 Å². The Morgan fingerprint density at radius 2 is 2.07 bits per heavy atom. The zero-order chi connectivity index (χ0) is 21.0. The molecule has 0 saturated carbocycles. The first-order valence-electron chi connectivity index (χ1n) is 10.3. The van der Waals surface area contributed by atoms with Gasteiger partial charge in [-0.25, -0.2) is 0 Å². The standard InChI is InChI=1S/C23H25N3O4/c1-14(2)15-4-6-17(7-5-15)26-13-23-10-8-18(30-23)19(20(23)22(26)28)21(27)25(3)12-16-9-11-29-24-16/h4-11,14,18-20H,12-13H2,1-3H3/t18-,19-,20+,23-/m0/s1. The zero-order valence-corrected chi connectivity index (χ0v) is 17.3. The van der Waals surface area contributed by atoms with Crippen molar-refractivity contribution < 1.29 is 18.8 Å². The number of fused-ring (bicyclic) bond motifs is 1. The van der Waals surface area contributed by atoms with E-state index in [-0.39, 0.29) is 17.9 Å². The second-order valence-corrected chi connectivity index (χ2v) is 8.76. The quantitative estimate of drug-likeness (QED) is 0.713. The molecule has 7 nitrogen and oxygen atoms in total. The molecule has 3 aliphatic heterocycles. The van der Waals surface area contributed by atoms with Crippen LogP contribution >= 0.6 is 0 Å². The van der Waals surface area contributed by atoms with Crippen LogP contribution in [0, 0.1) is 11.8 Å². The summed E-state index contributed by atoms with van der Waals surface area (Å²) in [6.45, 7) is 5.04. The minimum atomic E-state index is -0.729. The molecule has 1 spiro atoms. The normalized spacial score (nSPS) is 29.1. The highest BCUT2D eigenvalue weighted by atomic mass is 16.5. The van der Waals surface area contributed by atoms with Crippen LogP contribution in [0.15, 0.2) is 53.3 Å². The van der Waals surface area contributed by atoms with E-state index in [9.17, 15) is 9.59 Å². The van der Waals surface area contributed by atoms with Crippen molar-refractivity contribution in [2.45, 2.75) is 38.0 Å². The average molecular weight is 407 g/mol. The largest absolute Gasteiger partial charge is 0.364 e. The number of carbonyl (C=O) groups excluding carboxylic acids is 2. The molecule has 2 amide bonds. The number of anilines is 1. The molecule has 2 fully saturated rings. The van der Waals surface area contributed by atoms with Gasteiger partial charge in [-0.05, 0) is 23.6 Å². The van der Waals surface area contributed by atoms with Crippen LogP contribution in [0.4, 0.5) is 5.69 Å². The lowest BCUT2D eigenvalue weighted by Crippen LogP contribution is -2.44. The fourth-order valence-corrected chi connectivity index (χ4v) is 4.93. The summed E-state index contributed by atoms with van der Waals surface area (Å²) in [6.07, 6.45) is 5.03. The summed E-state index contributed by atoms with van der Waals surface area (Å²) in [4.78, 5) is 30.1. The van der Waals surface area contributed by atoms with Gasteiger partial charge in [0.05, 0.1) is 31.0 Å². The molecule has 4 atom stereocenters. The van der Waals surface area contributed by atoms with Gasteiger partial charge in [0.1, 0.15) is 17.6 Å². The summed E-state index contributed by atoms with van der Waals surface area (Å²) >= 11 is 0. The number of nitrogens with zero attached hydrogens (tertiary/aromatic N) is 3. The fourth-order valence-electron chi connectivity index (χ4n) is 4.93. The molecule has 4 heterocycles. The molecule has 2 aromatic rings. The van der Waals surface area contributed by atoms with Crippen molar-refractivity contribution in [3.8, 4) is 0 Å². The molecular formula is C23H25N3O4. The number of hydrogen-bond acceptors (Lipinski definition) is 5. The van der Waals surface area contributed by atoms with E-state index in [2.05, 4.69) is 31.1 Å². The minimum Gasteiger partial charge on any atom is -0.364 e. The van der Waals surface area contributed by atoms with Gasteiger partial charge in [0.25, 0.3) is 0 Å². The van der Waals surface area contributed by atoms with E-state index in [4.69, 9.17) is 9.26 Å². The smallest absolute Gasteiger partial charge is 0.234 e. The molecule has 156 valence electrons. The molecule has 5 rings (SSSR count). The molecule has 3 aliphatic rings. The van der Waals surface area contributed by atoms with E-state index in [1.165, 1.54) is 11.8 Å². The Kier molecular flexibility index (Phi) is 4.32. The molecule has 1 aromatic carbocycles. The van der Waals surface area contributed by atoms with Crippen LogP contribution in [0.1, 0.15) is 31.0 Å². The molecule has 2 saturated heterocycles. The number of benzene rings is 1. The maximum atomic E-state index is 13.5. The number of rotatable bonds is 5. The zero-order valence-electron chi connectivity index (χ0n) is 17.3. The van der Waals surface area contributed by atoms with Crippen molar-refractivity contribution in [1.29, 1.82) is 0 Å². The van der Waals surface area contributed by atoms with Gasteiger partial charge in [-0.3, -0.25) is 9.59 Å². The van der Waals surface area contributed by atoms with Crippen molar-refractivity contribution in [3.05, 3.63) is 60.0 Å². The first-order valence-corrected chi connectivity index (χ1v) is 10.3. The van der Waals surface area contributed by atoms with Crippen LogP contribution in [-0.4, -0.2) is 47.2 Å². The van der Waals surface area contributed by atoms with E-state index >= 15 is 0 Å². The molecular weight excluding hydrogens is 382 g/mol. The van der Waals surface area contributed by atoms with Gasteiger partial charge in [0, 0.05) is 18.8 Å². The molecule has 30 heavy (non-hydrogen) atoms. The van der Waals surface area contributed by atoms with Crippen molar-refractivity contribution in [2.24, 2.45) is 11.8 Å². The topological polar surface area (TPSA) is 75.9 Å². The van der Waals surface area contributed by atoms with E-state index in [1.54, 1.807) is 22.9 Å². The molecule has 0 radical (unpaired) electrons. The SMILES string of the molecule is CC(C)c1ccc(N2C[C@]34C=C[C@H](O3)[C@H](C(=O)N(C)Cc3ccon3)[C@@H]4C2=O)cc1. The summed E-state index contributed by atoms with van der Waals surface area (Å²) < 4.78 is 11.1. The Morgan fingerprint density at radius 3 is 2.73 bits per heavy atom. The monoisotopic (exact) mass is 407 g/mol. The van der Waals surface area contributed by atoms with Crippen molar-refractivity contribution >= 4 is 17.5 Å². The molecule has 0 N–H and O–H groups in total. The van der Waals surface area contributed by atoms with Crippen LogP contribution in [0.5, 0.6) is 0 Å². The summed E-state index contributed by atoms with van der Waals surface area (Å²) in [5, 5.41) is 3.88. The number of carbonyl (C=O) groups is 2. The maximum absolute atomic E-state index is 13.5. The van der Waals surface area contributed by atoms with Gasteiger partial charge in [-0.1, -0.05) is 43.3 Å². The lowest BCUT2D eigenvalue weighted by molar-refractivity contribution is -0.139. The third-order valence-electron chi connectivity index (χ3n) is 6.52. The second-order valence-electron chi connectivity index (χ2n) is 8.76. The first kappa shape index (κ1) is 19.1. The lowest BCUT2D eigenvalue weighted by atomic mass is 9.76. The van der Waals surface area contributed by atoms with Gasteiger partial charge in [-0.2, -0.15) is 0 Å².